The number of aryl methyl sites for hydroxylation is 1. The Labute approximate surface area is 146 Å². The number of ether oxygens (including phenoxy) is 2. The van der Waals surface area contributed by atoms with Crippen LogP contribution in [0, 0.1) is 6.92 Å². The van der Waals surface area contributed by atoms with Gasteiger partial charge in [0.2, 0.25) is 6.41 Å². The van der Waals surface area contributed by atoms with E-state index in [0.29, 0.717) is 4.79 Å². The fourth-order valence-electron chi connectivity index (χ4n) is 2.03. The molecule has 25 heavy (non-hydrogen) atoms. The van der Waals surface area contributed by atoms with Crippen molar-refractivity contribution in [1.82, 2.24) is 14.5 Å². The second kappa shape index (κ2) is 6.68. The highest BCUT2D eigenvalue weighted by Gasteiger charge is 2.35. The summed E-state index contributed by atoms with van der Waals surface area (Å²) in [6.07, 6.45) is -0.0959. The van der Waals surface area contributed by atoms with E-state index in [0.717, 1.165) is 23.0 Å². The number of carbonyl (C=O) groups excluding carboxylic acids is 2. The van der Waals surface area contributed by atoms with Crippen molar-refractivity contribution in [1.29, 1.82) is 0 Å². The van der Waals surface area contributed by atoms with Crippen molar-refractivity contribution in [3.63, 3.8) is 0 Å². The Balaban J connectivity index is 2.70. The first-order valence-electron chi connectivity index (χ1n) is 6.57. The smallest absolute Gasteiger partial charge is 0.369 e. The average Bonchev–Trinajstić information content (AvgIpc) is 3.10. The van der Waals surface area contributed by atoms with Gasteiger partial charge in [0.15, 0.2) is 0 Å². The van der Waals surface area contributed by atoms with E-state index in [4.69, 9.17) is 4.74 Å². The molecule has 1 amide bonds. The second-order valence-corrected chi connectivity index (χ2v) is 7.44. The number of esters is 1. The maximum absolute atomic E-state index is 12.9. The lowest BCUT2D eigenvalue weighted by atomic mass is 10.3. The van der Waals surface area contributed by atoms with Gasteiger partial charge in [0.1, 0.15) is 4.90 Å². The number of hydrogen-bond acceptors (Lipinski definition) is 9. The van der Waals surface area contributed by atoms with Crippen LogP contribution in [0.2, 0.25) is 0 Å². The number of sulfonamides is 1. The summed E-state index contributed by atoms with van der Waals surface area (Å²) in [5.74, 6) is -0.889. The quantitative estimate of drug-likeness (QED) is 0.464. The van der Waals surface area contributed by atoms with Gasteiger partial charge in [-0.2, -0.15) is 8.42 Å². The molecule has 0 spiro atoms. The van der Waals surface area contributed by atoms with Crippen molar-refractivity contribution in [2.75, 3.05) is 18.6 Å². The van der Waals surface area contributed by atoms with Crippen LogP contribution in [-0.4, -0.2) is 49.5 Å². The van der Waals surface area contributed by atoms with E-state index < -0.39 is 26.6 Å². The zero-order valence-corrected chi connectivity index (χ0v) is 15.3. The standard InChI is InChI=1S/C12H14N4O7S2/c1-7-9(8(5-24-7)10(18)22-3)25(20,21)15(6-17)16-12(19)14(2)11(13-16)23-4/h5-6H,1-4H3. The van der Waals surface area contributed by atoms with Gasteiger partial charge in [-0.3, -0.25) is 4.79 Å². The molecule has 2 rings (SSSR count). The lowest BCUT2D eigenvalue weighted by Gasteiger charge is -2.16. The normalized spacial score (nSPS) is 11.2. The van der Waals surface area contributed by atoms with Gasteiger partial charge in [0.05, 0.1) is 19.8 Å². The Kier molecular flexibility index (Phi) is 4.99. The third-order valence-electron chi connectivity index (χ3n) is 3.21. The number of amides is 1. The molecule has 0 bridgehead atoms. The maximum Gasteiger partial charge on any atom is 0.369 e. The molecule has 0 radical (unpaired) electrons. The molecule has 2 aromatic rings. The molecule has 0 aromatic carbocycles. The number of hydrogen-bond donors (Lipinski definition) is 0. The minimum Gasteiger partial charge on any atom is -0.467 e. The van der Waals surface area contributed by atoms with E-state index in [9.17, 15) is 22.8 Å². The molecule has 0 saturated heterocycles. The topological polar surface area (TPSA) is 130 Å². The molecule has 0 aliphatic heterocycles. The fraction of sp³-hybridized carbons (Fsp3) is 0.333. The Morgan fingerprint density at radius 2 is 2.04 bits per heavy atom. The van der Waals surface area contributed by atoms with Gasteiger partial charge in [-0.1, -0.05) is 9.89 Å². The molecule has 13 heteroatoms. The Morgan fingerprint density at radius 1 is 1.40 bits per heavy atom. The molecule has 0 N–H and O–H groups in total. The number of rotatable bonds is 6. The Bertz CT molecular complexity index is 986. The van der Waals surface area contributed by atoms with Gasteiger partial charge in [0.25, 0.3) is 10.0 Å². The second-order valence-electron chi connectivity index (χ2n) is 4.63. The molecular formula is C12H14N4O7S2. The van der Waals surface area contributed by atoms with Crippen LogP contribution >= 0.6 is 11.3 Å². The molecule has 2 heterocycles. The highest BCUT2D eigenvalue weighted by atomic mass is 32.2. The first-order chi connectivity index (χ1) is 11.7. The molecular weight excluding hydrogens is 376 g/mol. The number of nitrogens with zero attached hydrogens (tertiary/aromatic N) is 4. The summed E-state index contributed by atoms with van der Waals surface area (Å²) < 4.78 is 36.2. The zero-order valence-electron chi connectivity index (χ0n) is 13.6. The van der Waals surface area contributed by atoms with Crippen LogP contribution in [0.3, 0.4) is 0 Å². The zero-order chi connectivity index (χ0) is 18.9. The van der Waals surface area contributed by atoms with Gasteiger partial charge in [0, 0.05) is 17.3 Å². The number of methoxy groups -OCH3 is 2. The minimum absolute atomic E-state index is 0.0959. The Morgan fingerprint density at radius 3 is 2.52 bits per heavy atom. The predicted octanol–water partition coefficient (Wildman–Crippen LogP) is -0.770. The van der Waals surface area contributed by atoms with Crippen LogP contribution in [0.15, 0.2) is 15.1 Å². The van der Waals surface area contributed by atoms with Crippen LogP contribution in [-0.2, 0) is 26.6 Å². The van der Waals surface area contributed by atoms with Crippen LogP contribution in [0.4, 0.5) is 0 Å². The predicted molar refractivity (Wildman–Crippen MR) is 85.9 cm³/mol. The van der Waals surface area contributed by atoms with Gasteiger partial charge in [-0.05, 0) is 6.92 Å². The summed E-state index contributed by atoms with van der Waals surface area (Å²) in [5.41, 5.74) is -1.17. The van der Waals surface area contributed by atoms with Crippen molar-refractivity contribution in [2.45, 2.75) is 11.8 Å². The van der Waals surface area contributed by atoms with Gasteiger partial charge >= 0.3 is 17.7 Å². The van der Waals surface area contributed by atoms with E-state index in [2.05, 4.69) is 9.84 Å². The molecule has 0 fully saturated rings. The van der Waals surface area contributed by atoms with E-state index >= 15 is 0 Å². The molecule has 0 unspecified atom stereocenters. The van der Waals surface area contributed by atoms with Crippen molar-refractivity contribution >= 4 is 33.7 Å². The first-order valence-corrected chi connectivity index (χ1v) is 8.89. The number of aromatic nitrogens is 3. The summed E-state index contributed by atoms with van der Waals surface area (Å²) in [7, 11) is -0.996. The van der Waals surface area contributed by atoms with Crippen LogP contribution in [0.25, 0.3) is 0 Å². The van der Waals surface area contributed by atoms with E-state index in [1.807, 2.05) is 0 Å². The Hall–Kier alpha value is -2.67. The first kappa shape index (κ1) is 18.7. The minimum atomic E-state index is -4.61. The van der Waals surface area contributed by atoms with Crippen LogP contribution in [0.5, 0.6) is 6.01 Å². The lowest BCUT2D eigenvalue weighted by Crippen LogP contribution is -2.46. The lowest BCUT2D eigenvalue weighted by molar-refractivity contribution is -0.107. The molecule has 0 saturated carbocycles. The number of carbonyl (C=O) groups is 2. The molecule has 11 nitrogen and oxygen atoms in total. The number of thiophene rings is 1. The van der Waals surface area contributed by atoms with Crippen LogP contribution in [0.1, 0.15) is 15.2 Å². The summed E-state index contributed by atoms with van der Waals surface area (Å²) in [5, 5.41) is 4.94. The van der Waals surface area contributed by atoms with Gasteiger partial charge < -0.3 is 9.47 Å². The SMILES string of the molecule is COC(=O)c1csc(C)c1S(=O)(=O)N(C=O)n1nc(OC)n(C)c1=O. The molecule has 136 valence electrons. The van der Waals surface area contributed by atoms with E-state index in [1.165, 1.54) is 26.5 Å². The van der Waals surface area contributed by atoms with E-state index in [-0.39, 0.29) is 27.3 Å². The van der Waals surface area contributed by atoms with Crippen molar-refractivity contribution in [3.05, 3.63) is 26.3 Å². The van der Waals surface area contributed by atoms with Gasteiger partial charge in [-0.15, -0.1) is 15.8 Å². The molecule has 0 atom stereocenters. The third kappa shape index (κ3) is 2.91. The summed E-state index contributed by atoms with van der Waals surface area (Å²) in [4.78, 5) is 35.6. The van der Waals surface area contributed by atoms with Crippen molar-refractivity contribution in [3.8, 4) is 6.01 Å². The summed E-state index contributed by atoms with van der Waals surface area (Å²) >= 11 is 0.981. The highest BCUT2D eigenvalue weighted by molar-refractivity contribution is 7.93. The summed E-state index contributed by atoms with van der Waals surface area (Å²) in [6, 6.07) is -0.206. The maximum atomic E-state index is 12.9. The largest absolute Gasteiger partial charge is 0.467 e. The highest BCUT2D eigenvalue weighted by Crippen LogP contribution is 2.29. The van der Waals surface area contributed by atoms with Crippen molar-refractivity contribution in [2.24, 2.45) is 7.05 Å². The monoisotopic (exact) mass is 390 g/mol. The van der Waals surface area contributed by atoms with Crippen LogP contribution < -0.4 is 14.8 Å². The van der Waals surface area contributed by atoms with E-state index in [1.54, 1.807) is 0 Å². The van der Waals surface area contributed by atoms with Crippen molar-refractivity contribution < 1.29 is 27.5 Å². The molecule has 2 aromatic heterocycles. The van der Waals surface area contributed by atoms with Gasteiger partial charge in [-0.25, -0.2) is 14.2 Å². The summed E-state index contributed by atoms with van der Waals surface area (Å²) in [6.45, 7) is 1.45. The fourth-order valence-corrected chi connectivity index (χ4v) is 4.68. The third-order valence-corrected chi connectivity index (χ3v) is 6.03. The molecule has 0 aliphatic rings. The average molecular weight is 390 g/mol. The molecule has 0 aliphatic carbocycles.